The summed E-state index contributed by atoms with van der Waals surface area (Å²) in [6.07, 6.45) is -0.467. The molecule has 0 saturated carbocycles. The zero-order chi connectivity index (χ0) is 14.7. The first kappa shape index (κ1) is 14.7. The normalized spacial score (nSPS) is 21.6. The van der Waals surface area contributed by atoms with Gasteiger partial charge >= 0.3 is 5.63 Å². The predicted molar refractivity (Wildman–Crippen MR) is 70.0 cm³/mol. The summed E-state index contributed by atoms with van der Waals surface area (Å²) in [4.78, 5) is 11.6. The van der Waals surface area contributed by atoms with E-state index in [-0.39, 0.29) is 5.92 Å². The monoisotopic (exact) mass is 282 g/mol. The molecule has 110 valence electrons. The van der Waals surface area contributed by atoms with Crippen molar-refractivity contribution < 1.29 is 18.6 Å². The van der Waals surface area contributed by atoms with Crippen molar-refractivity contribution in [1.29, 1.82) is 0 Å². The van der Waals surface area contributed by atoms with Gasteiger partial charge in [-0.25, -0.2) is 4.79 Å². The minimum atomic E-state index is -0.477. The van der Waals surface area contributed by atoms with Gasteiger partial charge in [0.25, 0.3) is 0 Å². The molecule has 1 aliphatic heterocycles. The molecular formula is C13H18N2O5. The quantitative estimate of drug-likeness (QED) is 0.767. The molecule has 0 spiro atoms. The molecule has 0 N–H and O–H groups in total. The highest BCUT2D eigenvalue weighted by atomic mass is 16.7. The molecule has 0 aromatic carbocycles. The van der Waals surface area contributed by atoms with E-state index in [4.69, 9.17) is 18.6 Å². The Morgan fingerprint density at radius 3 is 2.65 bits per heavy atom. The molecule has 0 fully saturated rings. The van der Waals surface area contributed by atoms with Crippen molar-refractivity contribution in [3.63, 3.8) is 0 Å². The van der Waals surface area contributed by atoms with E-state index in [0.717, 1.165) is 5.56 Å². The number of azo groups is 1. The Bertz CT molecular complexity index is 550. The van der Waals surface area contributed by atoms with E-state index in [2.05, 4.69) is 10.2 Å². The Kier molecular flexibility index (Phi) is 4.51. The summed E-state index contributed by atoms with van der Waals surface area (Å²) < 4.78 is 21.0. The van der Waals surface area contributed by atoms with E-state index in [9.17, 15) is 4.79 Å². The molecule has 0 amide bonds. The van der Waals surface area contributed by atoms with E-state index in [0.29, 0.717) is 18.1 Å². The highest BCUT2D eigenvalue weighted by Crippen LogP contribution is 2.38. The second-order valence-electron chi connectivity index (χ2n) is 4.51. The maximum Gasteiger partial charge on any atom is 0.339 e. The van der Waals surface area contributed by atoms with E-state index in [1.165, 1.54) is 13.2 Å². The summed E-state index contributed by atoms with van der Waals surface area (Å²) in [5.41, 5.74) is 0.253. The lowest BCUT2D eigenvalue weighted by Gasteiger charge is -2.24. The highest BCUT2D eigenvalue weighted by Gasteiger charge is 2.38. The first-order valence-electron chi connectivity index (χ1n) is 6.23. The van der Waals surface area contributed by atoms with Gasteiger partial charge in [0, 0.05) is 19.8 Å². The first-order chi connectivity index (χ1) is 9.62. The van der Waals surface area contributed by atoms with Gasteiger partial charge in [-0.15, -0.1) is 0 Å². The molecule has 7 heteroatoms. The van der Waals surface area contributed by atoms with Gasteiger partial charge in [0.05, 0.1) is 25.6 Å². The van der Waals surface area contributed by atoms with Crippen LogP contribution in [-0.2, 0) is 9.47 Å². The Hall–Kier alpha value is -1.73. The van der Waals surface area contributed by atoms with Crippen LogP contribution in [0.3, 0.4) is 0 Å². The average Bonchev–Trinajstić information content (AvgIpc) is 2.91. The van der Waals surface area contributed by atoms with Crippen LogP contribution in [0.25, 0.3) is 0 Å². The third-order valence-electron chi connectivity index (χ3n) is 3.41. The van der Waals surface area contributed by atoms with Crippen molar-refractivity contribution in [1.82, 2.24) is 0 Å². The Balaban J connectivity index is 2.42. The Morgan fingerprint density at radius 1 is 1.35 bits per heavy atom. The highest BCUT2D eigenvalue weighted by molar-refractivity contribution is 5.34. The molecule has 0 radical (unpaired) electrons. The standard InChI is InChI=1S/C13H18N2O5/c1-7-9(17-2)5-10(16)20-12(7)11-8(6-14-15-11)13(18-3)19-4/h5,8,11,13H,6H2,1-4H3/t8-,11?/m1/s1. The van der Waals surface area contributed by atoms with Crippen molar-refractivity contribution in [2.45, 2.75) is 19.3 Å². The summed E-state index contributed by atoms with van der Waals surface area (Å²) >= 11 is 0. The fourth-order valence-electron chi connectivity index (χ4n) is 2.39. The molecule has 1 aromatic rings. The molecule has 7 nitrogen and oxygen atoms in total. The number of hydrogen-bond acceptors (Lipinski definition) is 7. The molecule has 2 rings (SSSR count). The topological polar surface area (TPSA) is 82.6 Å². The zero-order valence-corrected chi connectivity index (χ0v) is 12.0. The van der Waals surface area contributed by atoms with Crippen LogP contribution in [0, 0.1) is 12.8 Å². The van der Waals surface area contributed by atoms with Crippen molar-refractivity contribution in [3.05, 3.63) is 27.8 Å². The lowest BCUT2D eigenvalue weighted by Crippen LogP contribution is -2.30. The first-order valence-corrected chi connectivity index (χ1v) is 6.23. The van der Waals surface area contributed by atoms with E-state index in [1.54, 1.807) is 14.2 Å². The molecule has 0 saturated heterocycles. The van der Waals surface area contributed by atoms with Crippen molar-refractivity contribution in [2.24, 2.45) is 16.1 Å². The summed E-state index contributed by atoms with van der Waals surface area (Å²) in [6, 6.07) is 0.895. The van der Waals surface area contributed by atoms with Crippen LogP contribution in [-0.4, -0.2) is 34.2 Å². The Labute approximate surface area is 116 Å². The molecule has 0 bridgehead atoms. The SMILES string of the molecule is COc1cc(=O)oc(C2N=NC[C@H]2C(OC)OC)c1C. The van der Waals surface area contributed by atoms with Gasteiger partial charge in [-0.1, -0.05) is 0 Å². The number of hydrogen-bond donors (Lipinski definition) is 0. The average molecular weight is 282 g/mol. The van der Waals surface area contributed by atoms with E-state index >= 15 is 0 Å². The van der Waals surface area contributed by atoms with Crippen LogP contribution in [0.4, 0.5) is 0 Å². The summed E-state index contributed by atoms with van der Waals surface area (Å²) in [5.74, 6) is 0.780. The number of methoxy groups -OCH3 is 3. The predicted octanol–water partition coefficient (Wildman–Crippen LogP) is 1.70. The summed E-state index contributed by atoms with van der Waals surface area (Å²) in [7, 11) is 4.61. The molecule has 20 heavy (non-hydrogen) atoms. The van der Waals surface area contributed by atoms with E-state index in [1.807, 2.05) is 6.92 Å². The van der Waals surface area contributed by atoms with Crippen LogP contribution in [0.1, 0.15) is 17.4 Å². The number of ether oxygens (including phenoxy) is 3. The smallest absolute Gasteiger partial charge is 0.339 e. The second kappa shape index (κ2) is 6.15. The van der Waals surface area contributed by atoms with Gasteiger partial charge < -0.3 is 18.6 Å². The zero-order valence-electron chi connectivity index (χ0n) is 12.0. The molecular weight excluding hydrogens is 264 g/mol. The van der Waals surface area contributed by atoms with E-state index < -0.39 is 18.0 Å². The molecule has 1 aliphatic rings. The van der Waals surface area contributed by atoms with Gasteiger partial charge in [0.1, 0.15) is 17.6 Å². The van der Waals surface area contributed by atoms with Crippen LogP contribution >= 0.6 is 0 Å². The van der Waals surface area contributed by atoms with Gasteiger partial charge in [-0.3, -0.25) is 0 Å². The van der Waals surface area contributed by atoms with Crippen molar-refractivity contribution in [2.75, 3.05) is 27.9 Å². The third kappa shape index (κ3) is 2.59. The van der Waals surface area contributed by atoms with Gasteiger partial charge in [-0.05, 0) is 6.92 Å². The van der Waals surface area contributed by atoms with Crippen LogP contribution in [0.2, 0.25) is 0 Å². The summed E-state index contributed by atoms with van der Waals surface area (Å²) in [6.45, 7) is 2.27. The number of rotatable bonds is 5. The lowest BCUT2D eigenvalue weighted by molar-refractivity contribution is -0.137. The number of nitrogens with zero attached hydrogens (tertiary/aromatic N) is 2. The van der Waals surface area contributed by atoms with Gasteiger partial charge in [-0.2, -0.15) is 10.2 Å². The molecule has 2 heterocycles. The lowest BCUT2D eigenvalue weighted by atomic mass is 9.96. The van der Waals surface area contributed by atoms with Gasteiger partial charge in [0.2, 0.25) is 0 Å². The fraction of sp³-hybridized carbons (Fsp3) is 0.615. The summed E-state index contributed by atoms with van der Waals surface area (Å²) in [5, 5.41) is 8.19. The second-order valence-corrected chi connectivity index (χ2v) is 4.51. The van der Waals surface area contributed by atoms with Crippen LogP contribution in [0.5, 0.6) is 5.75 Å². The maximum absolute atomic E-state index is 11.6. The minimum absolute atomic E-state index is 0.140. The minimum Gasteiger partial charge on any atom is -0.496 e. The Morgan fingerprint density at radius 2 is 2.05 bits per heavy atom. The molecule has 2 atom stereocenters. The molecule has 1 aromatic heterocycles. The van der Waals surface area contributed by atoms with Crippen LogP contribution in [0.15, 0.2) is 25.5 Å². The largest absolute Gasteiger partial charge is 0.496 e. The fourth-order valence-corrected chi connectivity index (χ4v) is 2.39. The third-order valence-corrected chi connectivity index (χ3v) is 3.41. The van der Waals surface area contributed by atoms with Crippen molar-refractivity contribution in [3.8, 4) is 5.75 Å². The van der Waals surface area contributed by atoms with Gasteiger partial charge in [0.15, 0.2) is 6.29 Å². The van der Waals surface area contributed by atoms with Crippen LogP contribution < -0.4 is 10.4 Å². The van der Waals surface area contributed by atoms with Crippen molar-refractivity contribution >= 4 is 0 Å². The molecule has 0 aliphatic carbocycles. The molecule has 1 unspecified atom stereocenters. The maximum atomic E-state index is 11.6.